The van der Waals surface area contributed by atoms with Crippen LogP contribution in [0.25, 0.3) is 21.6 Å². The number of urea groups is 1. The maximum absolute atomic E-state index is 14.9. The molecule has 5 atom stereocenters. The van der Waals surface area contributed by atoms with E-state index in [1.807, 2.05) is 53.9 Å². The van der Waals surface area contributed by atoms with Gasteiger partial charge in [0.05, 0.1) is 22.5 Å². The minimum absolute atomic E-state index is 0.00864. The molecule has 2 saturated carbocycles. The van der Waals surface area contributed by atoms with Gasteiger partial charge in [0.1, 0.15) is 40.9 Å². The number of amides is 5. The number of nitrogens with one attached hydrogen (secondary N) is 4. The van der Waals surface area contributed by atoms with Crippen LogP contribution in [0.1, 0.15) is 70.6 Å². The molecule has 0 bridgehead atoms. The van der Waals surface area contributed by atoms with Gasteiger partial charge in [-0.1, -0.05) is 92.4 Å². The Morgan fingerprint density at radius 3 is 2.17 bits per heavy atom. The number of hydrogen-bond acceptors (Lipinski definition) is 11. The Bertz CT molecular complexity index is 2530. The van der Waals surface area contributed by atoms with Gasteiger partial charge in [-0.05, 0) is 86.4 Å². The molecule has 1 unspecified atom stereocenters. The molecule has 65 heavy (non-hydrogen) atoms. The van der Waals surface area contributed by atoms with Gasteiger partial charge in [0.25, 0.3) is 5.91 Å². The molecule has 5 amide bonds. The zero-order valence-corrected chi connectivity index (χ0v) is 37.5. The summed E-state index contributed by atoms with van der Waals surface area (Å²) in [6, 6.07) is 25.6. The smallest absolute Gasteiger partial charge is 0.471 e. The second-order valence-corrected chi connectivity index (χ2v) is 19.6. The molecule has 2 aromatic heterocycles. The predicted molar refractivity (Wildman–Crippen MR) is 246 cm³/mol. The van der Waals surface area contributed by atoms with Crippen molar-refractivity contribution in [2.45, 2.75) is 100 Å². The molecule has 4 aliphatic rings. The van der Waals surface area contributed by atoms with E-state index in [-0.39, 0.29) is 42.8 Å². The number of carbonyl (C=O) groups excluding carboxylic acids is 4. The Labute approximate surface area is 381 Å². The van der Waals surface area contributed by atoms with Gasteiger partial charge in [-0.3, -0.25) is 14.4 Å². The number of benzene rings is 3. The Morgan fingerprint density at radius 1 is 0.800 bits per heavy atom. The molecule has 17 heteroatoms. The van der Waals surface area contributed by atoms with Crippen molar-refractivity contribution in [1.29, 1.82) is 0 Å². The van der Waals surface area contributed by atoms with Crippen LogP contribution in [0.3, 0.4) is 0 Å². The lowest BCUT2D eigenvalue weighted by Gasteiger charge is -2.30. The Kier molecular flexibility index (Phi) is 13.2. The molecular weight excluding hydrogens is 866 g/mol. The average Bonchev–Trinajstić information content (AvgIpc) is 3.80. The minimum atomic E-state index is -4.47. The first kappa shape index (κ1) is 44.0. The fourth-order valence-electron chi connectivity index (χ4n) is 8.95. The SMILES string of the molecule is O=C(NC1CCCC1)N[C@H]1CCCCC/C=C\C2C[C@@]2(C(=O)NP(=O)(Oc2ccccc2)Oc2ccccc2)NC(=O)[C@@H]2C[C@@H](Oc3nc4ccccc4nc3-c3cccs3)CN2C1=O. The van der Waals surface area contributed by atoms with Crippen molar-refractivity contribution in [1.82, 2.24) is 35.9 Å². The first-order valence-corrected chi connectivity index (χ1v) is 24.8. The molecule has 9 rings (SSSR count). The number of carbonyl (C=O) groups is 4. The molecule has 2 aliphatic carbocycles. The summed E-state index contributed by atoms with van der Waals surface area (Å²) in [6.07, 6.45) is 10.5. The lowest BCUT2D eigenvalue weighted by atomic mass is 10.0. The number of thiophene rings is 1. The van der Waals surface area contributed by atoms with Crippen molar-refractivity contribution < 1.29 is 37.5 Å². The van der Waals surface area contributed by atoms with Gasteiger partial charge in [0.15, 0.2) is 0 Å². The largest absolute Gasteiger partial charge is 0.543 e. The highest BCUT2D eigenvalue weighted by Gasteiger charge is 2.62. The summed E-state index contributed by atoms with van der Waals surface area (Å²) in [5, 5.41) is 13.5. The van der Waals surface area contributed by atoms with Crippen LogP contribution >= 0.6 is 19.1 Å². The van der Waals surface area contributed by atoms with Gasteiger partial charge < -0.3 is 34.6 Å². The third-order valence-electron chi connectivity index (χ3n) is 12.4. The third-order valence-corrected chi connectivity index (χ3v) is 14.6. The van der Waals surface area contributed by atoms with Crippen molar-refractivity contribution in [3.05, 3.63) is 115 Å². The maximum Gasteiger partial charge on any atom is 0.543 e. The predicted octanol–water partition coefficient (Wildman–Crippen LogP) is 8.09. The van der Waals surface area contributed by atoms with E-state index in [0.717, 1.165) is 43.4 Å². The number of nitrogens with zero attached hydrogens (tertiary/aromatic N) is 3. The number of ether oxygens (including phenoxy) is 1. The molecule has 0 radical (unpaired) electrons. The molecule has 5 aromatic rings. The van der Waals surface area contributed by atoms with Crippen molar-refractivity contribution in [2.75, 3.05) is 6.54 Å². The Hall–Kier alpha value is -6.25. The molecule has 3 aromatic carbocycles. The molecule has 1 saturated heterocycles. The number of hydrogen-bond donors (Lipinski definition) is 4. The van der Waals surface area contributed by atoms with Crippen LogP contribution in [-0.4, -0.2) is 74.9 Å². The molecule has 0 spiro atoms. The van der Waals surface area contributed by atoms with Crippen LogP contribution in [0.15, 0.2) is 115 Å². The van der Waals surface area contributed by atoms with Crippen molar-refractivity contribution in [3.63, 3.8) is 0 Å². The van der Waals surface area contributed by atoms with E-state index in [2.05, 4.69) is 21.0 Å². The second kappa shape index (κ2) is 19.5. The van der Waals surface area contributed by atoms with Gasteiger partial charge in [-0.15, -0.1) is 11.3 Å². The quantitative estimate of drug-likeness (QED) is 0.0744. The van der Waals surface area contributed by atoms with E-state index >= 15 is 0 Å². The standard InChI is InChI=1S/C48H52N7O8PS/c56-43-40-29-36(61-44-42(41-27-16-28-65-41)50-37-24-14-15-25-38(37)51-44)31-55(40)45(57)39(52-47(59)49-33-18-12-13-19-33)26-11-3-1-2-6-17-32-30-48(32,53-43)46(58)54-64(60,62-34-20-7-4-8-21-34)63-35-22-9-5-10-23-35/h4-10,14-17,20-25,27-28,32-33,36,39-40H,1-3,11-13,18-19,26,29-31H2,(H,53,56)(H2,49,52,59)(H,54,58,60)/b17-6-/t32?,36-,39+,40+,48-/m1/s1. The molecule has 4 N–H and O–H groups in total. The lowest BCUT2D eigenvalue weighted by Crippen LogP contribution is -2.58. The average molecular weight is 918 g/mol. The van der Waals surface area contributed by atoms with Gasteiger partial charge >= 0.3 is 13.8 Å². The van der Waals surface area contributed by atoms with Gasteiger partial charge in [0.2, 0.25) is 17.7 Å². The summed E-state index contributed by atoms with van der Waals surface area (Å²) < 4.78 is 33.0. The zero-order valence-electron chi connectivity index (χ0n) is 35.8. The van der Waals surface area contributed by atoms with Crippen LogP contribution in [0, 0.1) is 5.92 Å². The molecule has 2 aliphatic heterocycles. The fourth-order valence-corrected chi connectivity index (χ4v) is 11.0. The highest BCUT2D eigenvalue weighted by molar-refractivity contribution is 7.53. The number of aromatic nitrogens is 2. The normalized spacial score (nSPS) is 24.3. The van der Waals surface area contributed by atoms with Crippen LogP contribution in [0.4, 0.5) is 4.79 Å². The third kappa shape index (κ3) is 10.3. The number of rotatable bonds is 11. The maximum atomic E-state index is 14.9. The van der Waals surface area contributed by atoms with Gasteiger partial charge in [-0.25, -0.2) is 24.4 Å². The molecule has 15 nitrogen and oxygen atoms in total. The van der Waals surface area contributed by atoms with E-state index in [1.165, 1.54) is 16.2 Å². The molecular formula is C48H52N7O8PS. The summed E-state index contributed by atoms with van der Waals surface area (Å²) in [5.41, 5.74) is 0.274. The number of para-hydroxylation sites is 4. The van der Waals surface area contributed by atoms with E-state index in [1.54, 1.807) is 60.7 Å². The lowest BCUT2D eigenvalue weighted by molar-refractivity contribution is -0.141. The van der Waals surface area contributed by atoms with Crippen LogP contribution in [0.5, 0.6) is 17.4 Å². The summed E-state index contributed by atoms with van der Waals surface area (Å²) in [4.78, 5) is 70.0. The Balaban J connectivity index is 1.03. The first-order valence-electron chi connectivity index (χ1n) is 22.4. The summed E-state index contributed by atoms with van der Waals surface area (Å²) in [6.45, 7) is -0.00864. The van der Waals surface area contributed by atoms with E-state index < -0.39 is 61.1 Å². The van der Waals surface area contributed by atoms with Crippen LogP contribution in [-0.2, 0) is 18.9 Å². The summed E-state index contributed by atoms with van der Waals surface area (Å²) >= 11 is 1.49. The van der Waals surface area contributed by atoms with E-state index in [0.29, 0.717) is 36.0 Å². The first-order chi connectivity index (χ1) is 31.6. The topological polar surface area (TPSA) is 190 Å². The summed E-state index contributed by atoms with van der Waals surface area (Å²) in [5.74, 6) is -1.61. The van der Waals surface area contributed by atoms with Gasteiger partial charge in [0, 0.05) is 18.4 Å². The monoisotopic (exact) mass is 917 g/mol. The molecule has 3 fully saturated rings. The van der Waals surface area contributed by atoms with Crippen molar-refractivity contribution in [2.24, 2.45) is 5.92 Å². The Morgan fingerprint density at radius 2 is 1.48 bits per heavy atom. The number of fused-ring (bicyclic) bond motifs is 3. The number of allylic oxidation sites excluding steroid dienone is 1. The summed E-state index contributed by atoms with van der Waals surface area (Å²) in [7, 11) is -4.47. The fraction of sp³-hybridized carbons (Fsp3) is 0.375. The highest BCUT2D eigenvalue weighted by atomic mass is 32.1. The molecule has 338 valence electrons. The van der Waals surface area contributed by atoms with Crippen LogP contribution in [0.2, 0.25) is 0 Å². The zero-order chi connectivity index (χ0) is 44.8. The van der Waals surface area contributed by atoms with Crippen molar-refractivity contribution in [3.8, 4) is 28.0 Å². The van der Waals surface area contributed by atoms with E-state index in [4.69, 9.17) is 23.8 Å². The van der Waals surface area contributed by atoms with Gasteiger partial charge in [-0.2, -0.15) is 0 Å². The van der Waals surface area contributed by atoms with Crippen molar-refractivity contribution >= 4 is 53.9 Å². The highest BCUT2D eigenvalue weighted by Crippen LogP contribution is 2.50. The second-order valence-electron chi connectivity index (χ2n) is 17.1. The van der Waals surface area contributed by atoms with Crippen LogP contribution < -0.4 is 34.8 Å². The molecule has 4 heterocycles. The minimum Gasteiger partial charge on any atom is -0.471 e. The van der Waals surface area contributed by atoms with E-state index in [9.17, 15) is 23.7 Å².